The molecule has 1 unspecified atom stereocenters. The Balaban J connectivity index is 0.00000351. The van der Waals surface area contributed by atoms with Crippen molar-refractivity contribution >= 4 is 12.4 Å². The van der Waals surface area contributed by atoms with Gasteiger partial charge in [-0.2, -0.15) is 0 Å². The molecule has 0 N–H and O–H groups in total. The van der Waals surface area contributed by atoms with Gasteiger partial charge in [0, 0.05) is 19.4 Å². The monoisotopic (exact) mass is 742 g/mol. The molecule has 3 aliphatic rings. The van der Waals surface area contributed by atoms with Crippen molar-refractivity contribution in [2.24, 2.45) is 0 Å². The number of hydrogen-bond acceptors (Lipinski definition) is 4. The average molecular weight is 744 g/mol. The van der Waals surface area contributed by atoms with E-state index in [0.717, 1.165) is 49.8 Å². The summed E-state index contributed by atoms with van der Waals surface area (Å²) in [6, 6.07) is 8.48. The molecule has 0 saturated carbocycles. The van der Waals surface area contributed by atoms with Gasteiger partial charge < -0.3 is 44.1 Å². The van der Waals surface area contributed by atoms with Crippen LogP contribution in [-0.4, -0.2) is 88.8 Å². The number of benzene rings is 2. The molecule has 3 aliphatic heterocycles. The van der Waals surface area contributed by atoms with Crippen LogP contribution in [0.15, 0.2) is 24.3 Å². The van der Waals surface area contributed by atoms with Crippen LogP contribution >= 0.6 is 0 Å². The fraction of sp³-hybridized carbons (Fsp3) is 0.674. The lowest BCUT2D eigenvalue weighted by Crippen LogP contribution is -3.00. The first-order valence-corrected chi connectivity index (χ1v) is 19.4. The molecule has 51 heavy (non-hydrogen) atoms. The molecular formula is C43H68Cl2N4O2. The van der Waals surface area contributed by atoms with Crippen molar-refractivity contribution in [1.29, 1.82) is 0 Å². The third-order valence-corrected chi connectivity index (χ3v) is 11.3. The lowest BCUT2D eigenvalue weighted by molar-refractivity contribution is -0.867. The van der Waals surface area contributed by atoms with Crippen molar-refractivity contribution in [3.8, 4) is 11.5 Å². The van der Waals surface area contributed by atoms with Crippen LogP contribution in [0.5, 0.6) is 11.5 Å². The predicted molar refractivity (Wildman–Crippen MR) is 206 cm³/mol. The number of fused-ring (bicyclic) bond motifs is 2. The SMILES string of the molecule is CCN(CC)CCCC(CCCN(CC)CC)c1cc(C)c2c(c1)C=[N+]1C(C)(C)C[N+]3=Cc4cc(C(C)(C)C)cc(C(C)(C)C)c4OC31O2.[Cl-].[Cl-]. The lowest BCUT2D eigenvalue weighted by Gasteiger charge is -2.33. The Labute approximate surface area is 323 Å². The van der Waals surface area contributed by atoms with Crippen LogP contribution in [0.3, 0.4) is 0 Å². The molecule has 0 aromatic heterocycles. The van der Waals surface area contributed by atoms with E-state index in [1.807, 2.05) is 0 Å². The highest BCUT2D eigenvalue weighted by atomic mass is 35.5. The van der Waals surface area contributed by atoms with Crippen LogP contribution in [0.25, 0.3) is 0 Å². The summed E-state index contributed by atoms with van der Waals surface area (Å²) >= 11 is 0. The van der Waals surface area contributed by atoms with Crippen molar-refractivity contribution < 1.29 is 43.4 Å². The third-order valence-electron chi connectivity index (χ3n) is 11.3. The molecule has 286 valence electrons. The van der Waals surface area contributed by atoms with Gasteiger partial charge in [-0.3, -0.25) is 0 Å². The molecule has 2 aromatic rings. The van der Waals surface area contributed by atoms with Crippen molar-refractivity contribution in [3.63, 3.8) is 0 Å². The van der Waals surface area contributed by atoms with Gasteiger partial charge in [-0.15, -0.1) is 0 Å². The second-order valence-corrected chi connectivity index (χ2v) is 17.6. The Hall–Kier alpha value is -2.12. The summed E-state index contributed by atoms with van der Waals surface area (Å²) in [5.41, 5.74) is 7.23. The summed E-state index contributed by atoms with van der Waals surface area (Å²) in [6.07, 6.45) is 9.51. The van der Waals surface area contributed by atoms with Crippen LogP contribution in [-0.2, 0) is 10.8 Å². The smallest absolute Gasteiger partial charge is 0.704 e. The van der Waals surface area contributed by atoms with Crippen LogP contribution in [0, 0.1) is 6.92 Å². The molecule has 0 bridgehead atoms. The van der Waals surface area contributed by atoms with Crippen LogP contribution < -0.4 is 34.3 Å². The molecular weight excluding hydrogens is 675 g/mol. The molecule has 8 heteroatoms. The summed E-state index contributed by atoms with van der Waals surface area (Å²) in [5.74, 6) is 2.40. The normalized spacial score (nSPS) is 18.8. The Kier molecular flexibility index (Phi) is 14.0. The minimum atomic E-state index is -1.06. The van der Waals surface area contributed by atoms with Crippen LogP contribution in [0.2, 0.25) is 0 Å². The molecule has 1 spiro atoms. The number of rotatable bonds is 13. The highest BCUT2D eigenvalue weighted by Crippen LogP contribution is 2.47. The average Bonchev–Trinajstić information content (AvgIpc) is 3.25. The molecule has 1 saturated heterocycles. The number of aryl methyl sites for hydroxylation is 1. The number of hydrogen-bond donors (Lipinski definition) is 0. The maximum Gasteiger partial charge on any atom is 0.704 e. The molecule has 0 aliphatic carbocycles. The summed E-state index contributed by atoms with van der Waals surface area (Å²) in [7, 11) is 0. The van der Waals surface area contributed by atoms with Gasteiger partial charge >= 0.3 is 6.03 Å². The van der Waals surface area contributed by atoms with E-state index in [4.69, 9.17) is 9.47 Å². The zero-order valence-corrected chi connectivity index (χ0v) is 35.7. The van der Waals surface area contributed by atoms with Crippen LogP contribution in [0.1, 0.15) is 148 Å². The molecule has 1 fully saturated rings. The van der Waals surface area contributed by atoms with Gasteiger partial charge in [0.05, 0.1) is 11.1 Å². The molecule has 3 heterocycles. The molecule has 0 radical (unpaired) electrons. The Morgan fingerprint density at radius 1 is 0.725 bits per heavy atom. The van der Waals surface area contributed by atoms with Gasteiger partial charge in [0.1, 0.15) is 0 Å². The van der Waals surface area contributed by atoms with Gasteiger partial charge in [0.15, 0.2) is 23.9 Å². The van der Waals surface area contributed by atoms with Crippen molar-refractivity contribution in [1.82, 2.24) is 9.80 Å². The first-order valence-electron chi connectivity index (χ1n) is 19.4. The largest absolute Gasteiger partial charge is 1.00 e. The topological polar surface area (TPSA) is 31.0 Å². The maximum absolute atomic E-state index is 7.25. The second-order valence-electron chi connectivity index (χ2n) is 17.6. The van der Waals surface area contributed by atoms with E-state index in [1.165, 1.54) is 66.6 Å². The summed E-state index contributed by atoms with van der Waals surface area (Å²) < 4.78 is 19.1. The maximum atomic E-state index is 7.25. The van der Waals surface area contributed by atoms with E-state index >= 15 is 0 Å². The summed E-state index contributed by atoms with van der Waals surface area (Å²) in [4.78, 5) is 5.11. The highest BCUT2D eigenvalue weighted by Gasteiger charge is 2.75. The minimum absolute atomic E-state index is 0. The van der Waals surface area contributed by atoms with Gasteiger partial charge in [-0.1, -0.05) is 90.5 Å². The van der Waals surface area contributed by atoms with E-state index in [-0.39, 0.29) is 41.2 Å². The van der Waals surface area contributed by atoms with Gasteiger partial charge in [-0.25, -0.2) is 0 Å². The minimum Gasteiger partial charge on any atom is -1.00 e. The zero-order valence-electron chi connectivity index (χ0n) is 34.2. The summed E-state index contributed by atoms with van der Waals surface area (Å²) in [5, 5.41) is 0. The number of ether oxygens (including phenoxy) is 2. The van der Waals surface area contributed by atoms with E-state index in [2.05, 4.69) is 146 Å². The third kappa shape index (κ3) is 8.82. The fourth-order valence-corrected chi connectivity index (χ4v) is 8.14. The first-order chi connectivity index (χ1) is 23.0. The first kappa shape index (κ1) is 43.3. The van der Waals surface area contributed by atoms with Gasteiger partial charge in [-0.05, 0) is 117 Å². The highest BCUT2D eigenvalue weighted by molar-refractivity contribution is 5.85. The molecule has 2 aromatic carbocycles. The number of nitrogens with zero attached hydrogens (tertiary/aromatic N) is 4. The molecule has 6 nitrogen and oxygen atoms in total. The van der Waals surface area contributed by atoms with E-state index in [9.17, 15) is 0 Å². The quantitative estimate of drug-likeness (QED) is 0.296. The molecule has 0 amide bonds. The predicted octanol–water partition coefficient (Wildman–Crippen LogP) is 2.68. The lowest BCUT2D eigenvalue weighted by atomic mass is 9.79. The summed E-state index contributed by atoms with van der Waals surface area (Å²) in [6.45, 7) is 37.3. The van der Waals surface area contributed by atoms with Crippen molar-refractivity contribution in [2.75, 3.05) is 45.8 Å². The Bertz CT molecular complexity index is 1560. The van der Waals surface area contributed by atoms with Gasteiger partial charge in [0.25, 0.3) is 0 Å². The molecule has 1 atom stereocenters. The van der Waals surface area contributed by atoms with Crippen molar-refractivity contribution in [2.45, 2.75) is 144 Å². The van der Waals surface area contributed by atoms with Crippen LogP contribution in [0.4, 0.5) is 0 Å². The molecule has 5 rings (SSSR count). The second kappa shape index (κ2) is 16.5. The zero-order chi connectivity index (χ0) is 35.9. The standard InChI is InChI=1S/C43H68N4O2.2ClH/c1-14-44(15-2)22-18-20-32(21-19-23-45(16-3)17-4)33-24-31(5)38-34(25-33)29-47-42(12,13)30-46-28-35-26-36(40(6,7)8)27-37(41(9,10)11)39(35)49-43(46,47)48-38;;/h24-29,32H,14-23,30H2,1-13H3;2*1H/q+2;;/p-2. The Morgan fingerprint density at radius 2 is 1.25 bits per heavy atom. The van der Waals surface area contributed by atoms with E-state index in [1.54, 1.807) is 0 Å². The number of halogens is 2. The Morgan fingerprint density at radius 3 is 1.76 bits per heavy atom. The van der Waals surface area contributed by atoms with Gasteiger partial charge in [0.2, 0.25) is 12.1 Å². The van der Waals surface area contributed by atoms with E-state index < -0.39 is 6.03 Å². The van der Waals surface area contributed by atoms with E-state index in [0.29, 0.717) is 5.92 Å². The fourth-order valence-electron chi connectivity index (χ4n) is 8.14. The van der Waals surface area contributed by atoms with Crippen molar-refractivity contribution in [3.05, 3.63) is 57.6 Å².